The zero-order valence-electron chi connectivity index (χ0n) is 8.85. The molecule has 0 spiro atoms. The molecule has 0 atom stereocenters. The van der Waals surface area contributed by atoms with E-state index >= 15 is 0 Å². The number of aromatic nitrogens is 1. The van der Waals surface area contributed by atoms with Crippen molar-refractivity contribution in [1.82, 2.24) is 4.98 Å². The lowest BCUT2D eigenvalue weighted by Gasteiger charge is -1.97. The molecule has 1 heterocycles. The quantitative estimate of drug-likeness (QED) is 0.720. The molecule has 0 fully saturated rings. The van der Waals surface area contributed by atoms with Crippen LogP contribution in [0.25, 0.3) is 10.9 Å². The first-order valence-electron chi connectivity index (χ1n) is 5.09. The second-order valence-corrected chi connectivity index (χ2v) is 3.88. The number of hydrogen-bond acceptors (Lipinski definition) is 0. The summed E-state index contributed by atoms with van der Waals surface area (Å²) in [6.07, 6.45) is 1.06. The Morgan fingerprint density at radius 3 is 2.79 bits per heavy atom. The van der Waals surface area contributed by atoms with Gasteiger partial charge in [0.2, 0.25) is 0 Å². The van der Waals surface area contributed by atoms with Gasteiger partial charge in [-0.15, -0.1) is 0 Å². The Bertz CT molecular complexity index is 455. The number of rotatable bonds is 2. The third kappa shape index (κ3) is 1.42. The van der Waals surface area contributed by atoms with Gasteiger partial charge in [0.05, 0.1) is 6.54 Å². The maximum atomic E-state index is 3.92. The minimum absolute atomic E-state index is 0.960. The standard InChI is InChI=1S/C12H16N2/c1-8-3-4-12-11(7-8)10(5-6-13)9(2)14-12/h3-4,7,14H,5-6,13H2,1-2H3/p+1. The van der Waals surface area contributed by atoms with E-state index in [2.05, 4.69) is 42.8 Å². The van der Waals surface area contributed by atoms with Crippen LogP contribution in [0.3, 0.4) is 0 Å². The minimum Gasteiger partial charge on any atom is -0.358 e. The maximum absolute atomic E-state index is 3.92. The van der Waals surface area contributed by atoms with E-state index in [0.717, 1.165) is 13.0 Å². The summed E-state index contributed by atoms with van der Waals surface area (Å²) >= 11 is 0. The lowest BCUT2D eigenvalue weighted by Crippen LogP contribution is -2.51. The number of hydrogen-bond donors (Lipinski definition) is 2. The third-order valence-corrected chi connectivity index (χ3v) is 2.70. The van der Waals surface area contributed by atoms with Gasteiger partial charge in [-0.1, -0.05) is 11.6 Å². The number of benzene rings is 1. The number of H-pyrrole nitrogens is 1. The van der Waals surface area contributed by atoms with Crippen LogP contribution in [0.2, 0.25) is 0 Å². The van der Waals surface area contributed by atoms with E-state index in [1.165, 1.54) is 27.7 Å². The van der Waals surface area contributed by atoms with Gasteiger partial charge in [-0.05, 0) is 31.5 Å². The van der Waals surface area contributed by atoms with E-state index < -0.39 is 0 Å². The van der Waals surface area contributed by atoms with Crippen molar-refractivity contribution in [3.8, 4) is 0 Å². The van der Waals surface area contributed by atoms with E-state index in [4.69, 9.17) is 0 Å². The highest BCUT2D eigenvalue weighted by atomic mass is 14.7. The van der Waals surface area contributed by atoms with Crippen LogP contribution in [-0.2, 0) is 6.42 Å². The molecule has 2 nitrogen and oxygen atoms in total. The van der Waals surface area contributed by atoms with Gasteiger partial charge in [-0.2, -0.15) is 0 Å². The Morgan fingerprint density at radius 2 is 2.07 bits per heavy atom. The summed E-state index contributed by atoms with van der Waals surface area (Å²) < 4.78 is 0. The second-order valence-electron chi connectivity index (χ2n) is 3.88. The molecule has 0 unspecified atom stereocenters. The van der Waals surface area contributed by atoms with Gasteiger partial charge < -0.3 is 10.7 Å². The predicted octanol–water partition coefficient (Wildman–Crippen LogP) is 1.57. The van der Waals surface area contributed by atoms with E-state index in [1.54, 1.807) is 0 Å². The molecule has 0 bridgehead atoms. The highest BCUT2D eigenvalue weighted by Crippen LogP contribution is 2.23. The topological polar surface area (TPSA) is 43.4 Å². The molecule has 2 rings (SSSR count). The third-order valence-electron chi connectivity index (χ3n) is 2.70. The summed E-state index contributed by atoms with van der Waals surface area (Å²) in [6.45, 7) is 5.23. The highest BCUT2D eigenvalue weighted by molar-refractivity contribution is 5.85. The van der Waals surface area contributed by atoms with E-state index in [1.807, 2.05) is 0 Å². The molecular weight excluding hydrogens is 172 g/mol. The smallest absolute Gasteiger partial charge is 0.0781 e. The molecule has 0 aliphatic rings. The molecule has 0 saturated carbocycles. The van der Waals surface area contributed by atoms with Crippen LogP contribution in [0.5, 0.6) is 0 Å². The molecule has 2 aromatic rings. The molecule has 0 amide bonds. The number of quaternary nitrogens is 1. The van der Waals surface area contributed by atoms with Crippen molar-refractivity contribution >= 4 is 10.9 Å². The first-order valence-corrected chi connectivity index (χ1v) is 5.09. The Kier molecular flexibility index (Phi) is 2.30. The molecule has 1 aromatic carbocycles. The van der Waals surface area contributed by atoms with Crippen molar-refractivity contribution < 1.29 is 5.73 Å². The van der Waals surface area contributed by atoms with Gasteiger partial charge in [0.25, 0.3) is 0 Å². The number of nitrogens with one attached hydrogen (secondary N) is 1. The molecule has 74 valence electrons. The van der Waals surface area contributed by atoms with Crippen molar-refractivity contribution in [2.75, 3.05) is 6.54 Å². The zero-order valence-corrected chi connectivity index (χ0v) is 8.85. The van der Waals surface area contributed by atoms with Crippen LogP contribution >= 0.6 is 0 Å². The van der Waals surface area contributed by atoms with Gasteiger partial charge in [0.1, 0.15) is 0 Å². The van der Waals surface area contributed by atoms with Gasteiger partial charge in [0.15, 0.2) is 0 Å². The molecule has 2 heteroatoms. The summed E-state index contributed by atoms with van der Waals surface area (Å²) in [4.78, 5) is 3.41. The molecule has 0 aliphatic carbocycles. The fourth-order valence-electron chi connectivity index (χ4n) is 2.00. The average molecular weight is 189 g/mol. The van der Waals surface area contributed by atoms with E-state index in [-0.39, 0.29) is 0 Å². The number of aryl methyl sites for hydroxylation is 2. The Morgan fingerprint density at radius 1 is 1.29 bits per heavy atom. The van der Waals surface area contributed by atoms with Gasteiger partial charge in [-0.3, -0.25) is 0 Å². The van der Waals surface area contributed by atoms with Gasteiger partial charge in [-0.25, -0.2) is 0 Å². The zero-order chi connectivity index (χ0) is 10.1. The largest absolute Gasteiger partial charge is 0.358 e. The highest BCUT2D eigenvalue weighted by Gasteiger charge is 2.07. The predicted molar refractivity (Wildman–Crippen MR) is 59.2 cm³/mol. The Labute approximate surface area is 84.1 Å². The van der Waals surface area contributed by atoms with Gasteiger partial charge in [0, 0.05) is 23.0 Å². The number of fused-ring (bicyclic) bond motifs is 1. The minimum atomic E-state index is 0.960. The Hall–Kier alpha value is -1.28. The van der Waals surface area contributed by atoms with Crippen molar-refractivity contribution in [2.24, 2.45) is 0 Å². The van der Waals surface area contributed by atoms with E-state index in [9.17, 15) is 0 Å². The molecule has 4 N–H and O–H groups in total. The van der Waals surface area contributed by atoms with Crippen molar-refractivity contribution in [2.45, 2.75) is 20.3 Å². The second kappa shape index (κ2) is 3.46. The van der Waals surface area contributed by atoms with Gasteiger partial charge >= 0.3 is 0 Å². The summed E-state index contributed by atoms with van der Waals surface area (Å²) in [7, 11) is 0. The SMILES string of the molecule is Cc1ccc2[nH]c(C)c(CC[NH3+])c2c1. The van der Waals surface area contributed by atoms with Crippen molar-refractivity contribution in [3.05, 3.63) is 35.0 Å². The summed E-state index contributed by atoms with van der Waals surface area (Å²) in [5.74, 6) is 0. The Balaban J connectivity index is 2.66. The molecule has 0 aliphatic heterocycles. The molecule has 0 radical (unpaired) electrons. The molecule has 0 saturated heterocycles. The fraction of sp³-hybridized carbons (Fsp3) is 0.333. The summed E-state index contributed by atoms with van der Waals surface area (Å²) in [5, 5.41) is 1.37. The lowest BCUT2D eigenvalue weighted by atomic mass is 10.1. The van der Waals surface area contributed by atoms with E-state index in [0.29, 0.717) is 0 Å². The van der Waals surface area contributed by atoms with Crippen LogP contribution in [0, 0.1) is 13.8 Å². The van der Waals surface area contributed by atoms with Crippen molar-refractivity contribution in [3.63, 3.8) is 0 Å². The van der Waals surface area contributed by atoms with Crippen LogP contribution in [-0.4, -0.2) is 11.5 Å². The maximum Gasteiger partial charge on any atom is 0.0781 e. The van der Waals surface area contributed by atoms with Crippen LogP contribution in [0.1, 0.15) is 16.8 Å². The number of aromatic amines is 1. The monoisotopic (exact) mass is 189 g/mol. The van der Waals surface area contributed by atoms with Crippen LogP contribution < -0.4 is 5.73 Å². The fourth-order valence-corrected chi connectivity index (χ4v) is 2.00. The molecule has 14 heavy (non-hydrogen) atoms. The summed E-state index contributed by atoms with van der Waals surface area (Å²) in [5.41, 5.74) is 9.20. The first-order chi connectivity index (χ1) is 6.72. The first kappa shape index (κ1) is 9.28. The van der Waals surface area contributed by atoms with Crippen LogP contribution in [0.15, 0.2) is 18.2 Å². The summed E-state index contributed by atoms with van der Waals surface area (Å²) in [6, 6.07) is 6.56. The normalized spacial score (nSPS) is 11.1. The molecular formula is C12H17N2+. The van der Waals surface area contributed by atoms with Crippen LogP contribution in [0.4, 0.5) is 0 Å². The molecule has 1 aromatic heterocycles. The lowest BCUT2D eigenvalue weighted by molar-refractivity contribution is -0.366. The average Bonchev–Trinajstić information content (AvgIpc) is 2.45. The van der Waals surface area contributed by atoms with Crippen molar-refractivity contribution in [1.29, 1.82) is 0 Å².